The van der Waals surface area contributed by atoms with Gasteiger partial charge < -0.3 is 5.32 Å². The average Bonchev–Trinajstić information content (AvgIpc) is 3.40. The number of rotatable bonds is 5. The Morgan fingerprint density at radius 2 is 1.83 bits per heavy atom. The number of anilines is 1. The molecule has 1 fully saturated rings. The first-order valence-corrected chi connectivity index (χ1v) is 11.6. The summed E-state index contributed by atoms with van der Waals surface area (Å²) >= 11 is 6.96. The molecule has 1 N–H and O–H groups in total. The molecule has 3 aromatic rings. The molecule has 1 atom stereocenters. The van der Waals surface area contributed by atoms with E-state index in [-0.39, 0.29) is 9.90 Å². The van der Waals surface area contributed by atoms with Gasteiger partial charge in [-0.05, 0) is 49.2 Å². The van der Waals surface area contributed by atoms with Crippen molar-refractivity contribution in [3.63, 3.8) is 0 Å². The Morgan fingerprint density at radius 3 is 2.55 bits per heavy atom. The lowest BCUT2D eigenvalue weighted by Gasteiger charge is -2.22. The Bertz CT molecular complexity index is 1120. The van der Waals surface area contributed by atoms with E-state index in [1.807, 2.05) is 0 Å². The first-order chi connectivity index (χ1) is 13.9. The van der Waals surface area contributed by atoms with E-state index in [1.54, 1.807) is 54.6 Å². The highest BCUT2D eigenvalue weighted by molar-refractivity contribution is 7.89. The SMILES string of the molecule is O=C(Nc1ccc(Cl)cc1)c1nnc(C2CCCN2S(=O)(=O)c2ccccc2)s1. The normalized spacial score (nSPS) is 17.3. The Balaban J connectivity index is 1.54. The molecule has 10 heteroatoms. The lowest BCUT2D eigenvalue weighted by molar-refractivity contribution is 0.102. The summed E-state index contributed by atoms with van der Waals surface area (Å²) in [4.78, 5) is 12.7. The molecule has 4 rings (SSSR count). The number of carbonyl (C=O) groups excluding carboxylic acids is 1. The summed E-state index contributed by atoms with van der Waals surface area (Å²) in [6.45, 7) is 0.410. The number of sulfonamides is 1. The van der Waals surface area contributed by atoms with Gasteiger partial charge in [-0.15, -0.1) is 10.2 Å². The van der Waals surface area contributed by atoms with Gasteiger partial charge in [-0.2, -0.15) is 4.31 Å². The second kappa shape index (κ2) is 8.19. The van der Waals surface area contributed by atoms with Crippen molar-refractivity contribution in [1.82, 2.24) is 14.5 Å². The van der Waals surface area contributed by atoms with Crippen LogP contribution in [0.25, 0.3) is 0 Å². The summed E-state index contributed by atoms with van der Waals surface area (Å²) in [5, 5.41) is 12.1. The summed E-state index contributed by atoms with van der Waals surface area (Å²) in [7, 11) is -3.64. The van der Waals surface area contributed by atoms with E-state index in [4.69, 9.17) is 11.6 Å². The molecule has 2 heterocycles. The second-order valence-corrected chi connectivity index (χ2v) is 9.83. The molecular formula is C19H17ClN4O3S2. The van der Waals surface area contributed by atoms with E-state index in [0.717, 1.165) is 17.8 Å². The number of nitrogens with one attached hydrogen (secondary N) is 1. The van der Waals surface area contributed by atoms with Crippen LogP contribution in [0.1, 0.15) is 33.7 Å². The van der Waals surface area contributed by atoms with Gasteiger partial charge in [0.1, 0.15) is 5.01 Å². The molecule has 0 saturated carbocycles. The molecule has 0 bridgehead atoms. The monoisotopic (exact) mass is 448 g/mol. The number of hydrogen-bond donors (Lipinski definition) is 1. The van der Waals surface area contributed by atoms with Gasteiger partial charge in [-0.1, -0.05) is 41.1 Å². The quantitative estimate of drug-likeness (QED) is 0.637. The molecule has 2 aromatic carbocycles. The predicted octanol–water partition coefficient (Wildman–Crippen LogP) is 3.97. The van der Waals surface area contributed by atoms with Crippen molar-refractivity contribution in [2.75, 3.05) is 11.9 Å². The van der Waals surface area contributed by atoms with Crippen molar-refractivity contribution >= 4 is 44.6 Å². The van der Waals surface area contributed by atoms with Crippen LogP contribution < -0.4 is 5.32 Å². The molecule has 150 valence electrons. The van der Waals surface area contributed by atoms with Crippen LogP contribution >= 0.6 is 22.9 Å². The van der Waals surface area contributed by atoms with Crippen LogP contribution in [0.4, 0.5) is 5.69 Å². The lowest BCUT2D eigenvalue weighted by atomic mass is 10.2. The third-order valence-corrected chi connectivity index (χ3v) is 7.77. The highest BCUT2D eigenvalue weighted by atomic mass is 35.5. The van der Waals surface area contributed by atoms with E-state index >= 15 is 0 Å². The average molecular weight is 449 g/mol. The molecular weight excluding hydrogens is 432 g/mol. The largest absolute Gasteiger partial charge is 0.320 e. The fraction of sp³-hybridized carbons (Fsp3) is 0.211. The van der Waals surface area contributed by atoms with Gasteiger partial charge in [0, 0.05) is 17.3 Å². The zero-order chi connectivity index (χ0) is 20.4. The molecule has 0 spiro atoms. The maximum Gasteiger partial charge on any atom is 0.286 e. The van der Waals surface area contributed by atoms with Crippen LogP contribution in [0.2, 0.25) is 5.02 Å². The minimum atomic E-state index is -3.64. The molecule has 0 radical (unpaired) electrons. The standard InChI is InChI=1S/C19H17ClN4O3S2/c20-13-8-10-14(11-9-13)21-17(25)19-23-22-18(28-19)16-7-4-12-24(16)29(26,27)15-5-2-1-3-6-15/h1-3,5-6,8-11,16H,4,7,12H2,(H,21,25). The maximum absolute atomic E-state index is 13.0. The van der Waals surface area contributed by atoms with Crippen molar-refractivity contribution in [1.29, 1.82) is 0 Å². The number of carbonyl (C=O) groups is 1. The molecule has 29 heavy (non-hydrogen) atoms. The summed E-state index contributed by atoms with van der Waals surface area (Å²) in [6.07, 6.45) is 1.36. The van der Waals surface area contributed by atoms with Gasteiger partial charge in [-0.3, -0.25) is 4.79 Å². The predicted molar refractivity (Wildman–Crippen MR) is 112 cm³/mol. The van der Waals surface area contributed by atoms with Crippen LogP contribution in [0.3, 0.4) is 0 Å². The molecule has 1 unspecified atom stereocenters. The molecule has 1 aromatic heterocycles. The Labute approximate surface area is 177 Å². The Hall–Kier alpha value is -2.33. The van der Waals surface area contributed by atoms with Crippen molar-refractivity contribution < 1.29 is 13.2 Å². The number of hydrogen-bond acceptors (Lipinski definition) is 6. The van der Waals surface area contributed by atoms with Crippen molar-refractivity contribution in [3.05, 3.63) is 69.6 Å². The number of amides is 1. The van der Waals surface area contributed by atoms with E-state index in [1.165, 1.54) is 4.31 Å². The number of benzene rings is 2. The summed E-state index contributed by atoms with van der Waals surface area (Å²) in [5.74, 6) is -0.397. The fourth-order valence-electron chi connectivity index (χ4n) is 3.18. The Morgan fingerprint density at radius 1 is 1.10 bits per heavy atom. The Kier molecular flexibility index (Phi) is 5.64. The van der Waals surface area contributed by atoms with Gasteiger partial charge in [0.2, 0.25) is 15.0 Å². The maximum atomic E-state index is 13.0. The molecule has 7 nitrogen and oxygen atoms in total. The van der Waals surface area contributed by atoms with Crippen molar-refractivity contribution in [3.8, 4) is 0 Å². The molecule has 0 aliphatic carbocycles. The molecule has 1 amide bonds. The van der Waals surface area contributed by atoms with Crippen LogP contribution in [0.15, 0.2) is 59.5 Å². The fourth-order valence-corrected chi connectivity index (χ4v) is 5.94. The summed E-state index contributed by atoms with van der Waals surface area (Å²) in [6, 6.07) is 14.6. The highest BCUT2D eigenvalue weighted by Gasteiger charge is 2.38. The van der Waals surface area contributed by atoms with E-state index in [0.29, 0.717) is 28.7 Å². The minimum Gasteiger partial charge on any atom is -0.320 e. The highest BCUT2D eigenvalue weighted by Crippen LogP contribution is 2.37. The van der Waals surface area contributed by atoms with Gasteiger partial charge in [0.05, 0.1) is 10.9 Å². The number of nitrogens with zero attached hydrogens (tertiary/aromatic N) is 3. The van der Waals surface area contributed by atoms with Crippen LogP contribution in [0.5, 0.6) is 0 Å². The van der Waals surface area contributed by atoms with Gasteiger partial charge >= 0.3 is 0 Å². The van der Waals surface area contributed by atoms with Gasteiger partial charge in [0.25, 0.3) is 5.91 Å². The smallest absolute Gasteiger partial charge is 0.286 e. The first-order valence-electron chi connectivity index (χ1n) is 8.92. The molecule has 1 aliphatic rings. The van der Waals surface area contributed by atoms with Crippen LogP contribution in [-0.4, -0.2) is 35.4 Å². The third-order valence-electron chi connectivity index (χ3n) is 4.58. The van der Waals surface area contributed by atoms with E-state index < -0.39 is 22.0 Å². The van der Waals surface area contributed by atoms with Crippen molar-refractivity contribution in [2.24, 2.45) is 0 Å². The number of aromatic nitrogens is 2. The lowest BCUT2D eigenvalue weighted by Crippen LogP contribution is -2.30. The third kappa shape index (κ3) is 4.18. The van der Waals surface area contributed by atoms with E-state index in [2.05, 4.69) is 15.5 Å². The zero-order valence-electron chi connectivity index (χ0n) is 15.2. The summed E-state index contributed by atoms with van der Waals surface area (Å²) < 4.78 is 27.5. The molecule has 1 aliphatic heterocycles. The van der Waals surface area contributed by atoms with Crippen molar-refractivity contribution in [2.45, 2.75) is 23.8 Å². The first kappa shape index (κ1) is 20.0. The van der Waals surface area contributed by atoms with Gasteiger partial charge in [0.15, 0.2) is 0 Å². The number of halogens is 1. The van der Waals surface area contributed by atoms with Crippen LogP contribution in [-0.2, 0) is 10.0 Å². The van der Waals surface area contributed by atoms with Crippen LogP contribution in [0, 0.1) is 0 Å². The van der Waals surface area contributed by atoms with E-state index in [9.17, 15) is 13.2 Å². The van der Waals surface area contributed by atoms with Gasteiger partial charge in [-0.25, -0.2) is 8.42 Å². The topological polar surface area (TPSA) is 92.3 Å². The minimum absolute atomic E-state index is 0.180. The molecule has 1 saturated heterocycles. The summed E-state index contributed by atoms with van der Waals surface area (Å²) in [5.41, 5.74) is 0.588. The second-order valence-electron chi connectivity index (χ2n) is 6.49. The zero-order valence-corrected chi connectivity index (χ0v) is 17.5.